The summed E-state index contributed by atoms with van der Waals surface area (Å²) in [6.07, 6.45) is 2.71. The van der Waals surface area contributed by atoms with Crippen molar-refractivity contribution in [2.75, 3.05) is 6.61 Å². The van der Waals surface area contributed by atoms with E-state index in [1.54, 1.807) is 0 Å². The quantitative estimate of drug-likeness (QED) is 0.840. The van der Waals surface area contributed by atoms with Gasteiger partial charge >= 0.3 is 0 Å². The van der Waals surface area contributed by atoms with Gasteiger partial charge in [0.2, 0.25) is 0 Å². The van der Waals surface area contributed by atoms with Crippen LogP contribution < -0.4 is 5.32 Å². The Morgan fingerprint density at radius 3 is 2.74 bits per heavy atom. The molecule has 1 atom stereocenters. The zero-order chi connectivity index (χ0) is 14.4. The monoisotopic (exact) mass is 285 g/mol. The first-order valence-electron chi connectivity index (χ1n) is 6.43. The van der Waals surface area contributed by atoms with Crippen molar-refractivity contribution in [1.82, 2.24) is 15.3 Å². The number of rotatable bonds is 6. The second-order valence-electron chi connectivity index (χ2n) is 4.67. The highest BCUT2D eigenvalue weighted by Crippen LogP contribution is 2.16. The van der Waals surface area contributed by atoms with Gasteiger partial charge in [-0.25, -0.2) is 9.97 Å². The molecule has 0 saturated heterocycles. The molecule has 0 saturated carbocycles. The number of nitrogens with zero attached hydrogens (tertiary/aromatic N) is 2. The lowest BCUT2D eigenvalue weighted by Gasteiger charge is -2.16. The van der Waals surface area contributed by atoms with Gasteiger partial charge in [0, 0.05) is 18.6 Å². The molecule has 6 heteroatoms. The molecule has 0 spiro atoms. The molecule has 1 aromatic heterocycles. The van der Waals surface area contributed by atoms with E-state index < -0.39 is 0 Å². The van der Waals surface area contributed by atoms with Crippen molar-refractivity contribution in [3.63, 3.8) is 0 Å². The van der Waals surface area contributed by atoms with Crippen LogP contribution in [0.25, 0.3) is 0 Å². The van der Waals surface area contributed by atoms with Gasteiger partial charge in [0.25, 0.3) is 5.91 Å². The van der Waals surface area contributed by atoms with Crippen molar-refractivity contribution in [3.05, 3.63) is 22.7 Å². The van der Waals surface area contributed by atoms with Gasteiger partial charge in [-0.2, -0.15) is 0 Å². The highest BCUT2D eigenvalue weighted by Gasteiger charge is 2.18. The molecule has 1 amide bonds. The Morgan fingerprint density at radius 2 is 2.21 bits per heavy atom. The van der Waals surface area contributed by atoms with E-state index >= 15 is 0 Å². The van der Waals surface area contributed by atoms with Crippen LogP contribution in [0.1, 0.15) is 55.8 Å². The normalized spacial score (nSPS) is 12.5. The number of carbonyl (C=O) groups excluding carboxylic acids is 1. The van der Waals surface area contributed by atoms with Gasteiger partial charge in [0.1, 0.15) is 11.5 Å². The zero-order valence-electron chi connectivity index (χ0n) is 11.5. The standard InChI is InChI=1S/C13H20ClN3O2/c1-4-9(5-6-18)16-13(19)11-10(14)7-15-12(17-11)8(2)3/h7-9,18H,4-6H2,1-3H3,(H,16,19). The average Bonchev–Trinajstić information content (AvgIpc) is 2.38. The minimum Gasteiger partial charge on any atom is -0.396 e. The highest BCUT2D eigenvalue weighted by atomic mass is 35.5. The second kappa shape index (κ2) is 7.40. The number of aromatic nitrogens is 2. The lowest BCUT2D eigenvalue weighted by Crippen LogP contribution is -2.35. The van der Waals surface area contributed by atoms with Gasteiger partial charge in [0.05, 0.1) is 11.2 Å². The maximum atomic E-state index is 12.1. The van der Waals surface area contributed by atoms with Crippen LogP contribution in [-0.2, 0) is 0 Å². The summed E-state index contributed by atoms with van der Waals surface area (Å²) < 4.78 is 0. The van der Waals surface area contributed by atoms with Crippen molar-refractivity contribution >= 4 is 17.5 Å². The Morgan fingerprint density at radius 1 is 1.53 bits per heavy atom. The molecule has 1 heterocycles. The van der Waals surface area contributed by atoms with Crippen LogP contribution in [0, 0.1) is 0 Å². The van der Waals surface area contributed by atoms with Crippen molar-refractivity contribution < 1.29 is 9.90 Å². The maximum absolute atomic E-state index is 12.1. The Kier molecular flexibility index (Phi) is 6.18. The molecule has 1 rings (SSSR count). The second-order valence-corrected chi connectivity index (χ2v) is 5.08. The van der Waals surface area contributed by atoms with Crippen LogP contribution in [0.3, 0.4) is 0 Å². The van der Waals surface area contributed by atoms with Gasteiger partial charge in [-0.3, -0.25) is 4.79 Å². The first-order chi connectivity index (χ1) is 8.99. The largest absolute Gasteiger partial charge is 0.396 e. The first-order valence-corrected chi connectivity index (χ1v) is 6.81. The van der Waals surface area contributed by atoms with E-state index in [9.17, 15) is 4.79 Å². The first kappa shape index (κ1) is 15.9. The molecule has 0 bridgehead atoms. The number of hydrogen-bond acceptors (Lipinski definition) is 4. The van der Waals surface area contributed by atoms with Gasteiger partial charge < -0.3 is 10.4 Å². The summed E-state index contributed by atoms with van der Waals surface area (Å²) in [5, 5.41) is 12.0. The predicted molar refractivity (Wildman–Crippen MR) is 74.4 cm³/mol. The molecule has 19 heavy (non-hydrogen) atoms. The molecule has 0 aliphatic rings. The van der Waals surface area contributed by atoms with E-state index in [1.807, 2.05) is 20.8 Å². The van der Waals surface area contributed by atoms with Crippen molar-refractivity contribution in [2.45, 2.75) is 45.6 Å². The molecular formula is C13H20ClN3O2. The van der Waals surface area contributed by atoms with E-state index in [0.29, 0.717) is 12.2 Å². The number of hydrogen-bond donors (Lipinski definition) is 2. The third-order valence-corrected chi connectivity index (χ3v) is 3.08. The summed E-state index contributed by atoms with van der Waals surface area (Å²) in [6.45, 7) is 5.88. The van der Waals surface area contributed by atoms with E-state index in [2.05, 4.69) is 15.3 Å². The molecule has 5 nitrogen and oxygen atoms in total. The molecule has 0 fully saturated rings. The number of aliphatic hydroxyl groups excluding tert-OH is 1. The number of nitrogens with one attached hydrogen (secondary N) is 1. The molecule has 0 radical (unpaired) electrons. The van der Waals surface area contributed by atoms with Gasteiger partial charge in [-0.1, -0.05) is 32.4 Å². The minimum atomic E-state index is -0.324. The molecule has 1 unspecified atom stereocenters. The van der Waals surface area contributed by atoms with Crippen LogP contribution in [-0.4, -0.2) is 33.6 Å². The van der Waals surface area contributed by atoms with Crippen molar-refractivity contribution in [1.29, 1.82) is 0 Å². The van der Waals surface area contributed by atoms with Gasteiger partial charge in [-0.15, -0.1) is 0 Å². The Bertz CT molecular complexity index is 438. The van der Waals surface area contributed by atoms with Crippen molar-refractivity contribution in [2.24, 2.45) is 0 Å². The lowest BCUT2D eigenvalue weighted by atomic mass is 10.1. The Labute approximate surface area is 118 Å². The topological polar surface area (TPSA) is 75.1 Å². The SMILES string of the molecule is CCC(CCO)NC(=O)c1nc(C(C)C)ncc1Cl. The fourth-order valence-corrected chi connectivity index (χ4v) is 1.78. The fraction of sp³-hybridized carbons (Fsp3) is 0.615. The number of amides is 1. The number of halogens is 1. The maximum Gasteiger partial charge on any atom is 0.271 e. The van der Waals surface area contributed by atoms with E-state index in [-0.39, 0.29) is 35.2 Å². The van der Waals surface area contributed by atoms with Gasteiger partial charge in [-0.05, 0) is 12.8 Å². The lowest BCUT2D eigenvalue weighted by molar-refractivity contribution is 0.0923. The molecule has 1 aromatic rings. The third kappa shape index (κ3) is 4.44. The summed E-state index contributed by atoms with van der Waals surface area (Å²) in [5.74, 6) is 0.391. The fourth-order valence-electron chi connectivity index (χ4n) is 1.61. The third-order valence-electron chi connectivity index (χ3n) is 2.80. The molecule has 106 valence electrons. The summed E-state index contributed by atoms with van der Waals surface area (Å²) in [5.41, 5.74) is 0.191. The molecule has 2 N–H and O–H groups in total. The van der Waals surface area contributed by atoms with Crippen molar-refractivity contribution in [3.8, 4) is 0 Å². The van der Waals surface area contributed by atoms with Crippen LogP contribution >= 0.6 is 11.6 Å². The number of aliphatic hydroxyl groups is 1. The van der Waals surface area contributed by atoms with E-state index in [1.165, 1.54) is 6.20 Å². The van der Waals surface area contributed by atoms with E-state index in [4.69, 9.17) is 16.7 Å². The predicted octanol–water partition coefficient (Wildman–Crippen LogP) is 2.14. The highest BCUT2D eigenvalue weighted by molar-refractivity contribution is 6.33. The molecule has 0 aliphatic carbocycles. The van der Waals surface area contributed by atoms with Crippen LogP contribution in [0.15, 0.2) is 6.20 Å². The average molecular weight is 286 g/mol. The summed E-state index contributed by atoms with van der Waals surface area (Å²) >= 11 is 5.96. The van der Waals surface area contributed by atoms with Crippen LogP contribution in [0.5, 0.6) is 0 Å². The zero-order valence-corrected chi connectivity index (χ0v) is 12.2. The summed E-state index contributed by atoms with van der Waals surface area (Å²) in [7, 11) is 0. The van der Waals surface area contributed by atoms with Crippen LogP contribution in [0.4, 0.5) is 0 Å². The summed E-state index contributed by atoms with van der Waals surface area (Å²) in [6, 6.07) is -0.0777. The van der Waals surface area contributed by atoms with Crippen LogP contribution in [0.2, 0.25) is 5.02 Å². The Balaban J connectivity index is 2.89. The summed E-state index contributed by atoms with van der Waals surface area (Å²) in [4.78, 5) is 20.4. The Hall–Kier alpha value is -1.20. The molecule has 0 aromatic carbocycles. The van der Waals surface area contributed by atoms with Gasteiger partial charge in [0.15, 0.2) is 0 Å². The molecule has 0 aliphatic heterocycles. The minimum absolute atomic E-state index is 0.0353. The number of carbonyl (C=O) groups is 1. The molecular weight excluding hydrogens is 266 g/mol. The van der Waals surface area contributed by atoms with E-state index in [0.717, 1.165) is 6.42 Å². The smallest absolute Gasteiger partial charge is 0.271 e.